The van der Waals surface area contributed by atoms with Gasteiger partial charge < -0.3 is 9.67 Å². The number of carbonyl (C=O) groups is 1. The molecule has 0 bridgehead atoms. The van der Waals surface area contributed by atoms with E-state index >= 15 is 0 Å². The molecule has 0 fully saturated rings. The monoisotopic (exact) mass is 294 g/mol. The highest BCUT2D eigenvalue weighted by molar-refractivity contribution is 7.90. The van der Waals surface area contributed by atoms with Crippen molar-refractivity contribution in [1.82, 2.24) is 9.55 Å². The van der Waals surface area contributed by atoms with E-state index in [9.17, 15) is 13.2 Å². The molecule has 1 N–H and O–H groups in total. The van der Waals surface area contributed by atoms with E-state index in [2.05, 4.69) is 4.98 Å². The topological polar surface area (TPSA) is 89.3 Å². The van der Waals surface area contributed by atoms with Crippen molar-refractivity contribution >= 4 is 15.8 Å². The van der Waals surface area contributed by atoms with E-state index in [0.717, 1.165) is 6.26 Å². The molecule has 0 radical (unpaired) electrons. The van der Waals surface area contributed by atoms with Gasteiger partial charge in [-0.1, -0.05) is 18.2 Å². The van der Waals surface area contributed by atoms with Crippen LogP contribution in [0.5, 0.6) is 0 Å². The largest absolute Gasteiger partial charge is 0.480 e. The molecule has 0 amide bonds. The van der Waals surface area contributed by atoms with Crippen LogP contribution in [-0.2, 0) is 27.6 Å². The second-order valence-electron chi connectivity index (χ2n) is 4.42. The molecule has 1 aromatic heterocycles. The SMILES string of the molecule is CS(=O)(=O)c1ccccc1Cc1nccn1CC(=O)O. The number of carboxylic acid groups (broad SMARTS) is 1. The maximum Gasteiger partial charge on any atom is 0.323 e. The van der Waals surface area contributed by atoms with Crippen LogP contribution < -0.4 is 0 Å². The van der Waals surface area contributed by atoms with Gasteiger partial charge in [0.2, 0.25) is 0 Å². The van der Waals surface area contributed by atoms with E-state index in [1.165, 1.54) is 16.8 Å². The molecule has 2 aromatic rings. The molecule has 0 aliphatic rings. The Morgan fingerprint density at radius 3 is 2.70 bits per heavy atom. The molecule has 6 nitrogen and oxygen atoms in total. The van der Waals surface area contributed by atoms with Crippen LogP contribution in [0.15, 0.2) is 41.6 Å². The number of benzene rings is 1. The van der Waals surface area contributed by atoms with Crippen molar-refractivity contribution in [3.8, 4) is 0 Å². The van der Waals surface area contributed by atoms with Crippen molar-refractivity contribution in [1.29, 1.82) is 0 Å². The van der Waals surface area contributed by atoms with Crippen LogP contribution in [0.4, 0.5) is 0 Å². The first kappa shape index (κ1) is 14.3. The van der Waals surface area contributed by atoms with Crippen LogP contribution in [0.1, 0.15) is 11.4 Å². The van der Waals surface area contributed by atoms with Gasteiger partial charge in [0.15, 0.2) is 9.84 Å². The first-order chi connectivity index (χ1) is 9.38. The third-order valence-electron chi connectivity index (χ3n) is 2.83. The fraction of sp³-hybridized carbons (Fsp3) is 0.231. The van der Waals surface area contributed by atoms with Gasteiger partial charge in [-0.25, -0.2) is 13.4 Å². The Hall–Kier alpha value is -2.15. The maximum atomic E-state index is 11.7. The van der Waals surface area contributed by atoms with Gasteiger partial charge >= 0.3 is 5.97 Å². The van der Waals surface area contributed by atoms with Gasteiger partial charge in [0.05, 0.1) is 4.90 Å². The number of imidazole rings is 1. The number of aromatic nitrogens is 2. The summed E-state index contributed by atoms with van der Waals surface area (Å²) >= 11 is 0. The molecule has 0 aliphatic carbocycles. The first-order valence-electron chi connectivity index (χ1n) is 5.87. The fourth-order valence-electron chi connectivity index (χ4n) is 1.98. The minimum Gasteiger partial charge on any atom is -0.480 e. The Balaban J connectivity index is 2.37. The highest BCUT2D eigenvalue weighted by Gasteiger charge is 2.15. The second kappa shape index (κ2) is 5.46. The molecule has 7 heteroatoms. The molecule has 0 aliphatic heterocycles. The number of nitrogens with zero attached hydrogens (tertiary/aromatic N) is 2. The Kier molecular flexibility index (Phi) is 3.89. The molecule has 106 valence electrons. The standard InChI is InChI=1S/C13H14N2O4S/c1-20(18,19)11-5-3-2-4-10(11)8-12-14-6-7-15(12)9-13(16)17/h2-7H,8-9H2,1H3,(H,16,17). The number of rotatable bonds is 5. The van der Waals surface area contributed by atoms with Crippen LogP contribution >= 0.6 is 0 Å². The van der Waals surface area contributed by atoms with E-state index in [1.54, 1.807) is 24.4 Å². The van der Waals surface area contributed by atoms with Crippen molar-refractivity contribution in [3.63, 3.8) is 0 Å². The Labute approximate surface area is 116 Å². The van der Waals surface area contributed by atoms with Gasteiger partial charge in [-0.2, -0.15) is 0 Å². The van der Waals surface area contributed by atoms with Crippen molar-refractivity contribution in [2.75, 3.05) is 6.26 Å². The number of aliphatic carboxylic acids is 1. The van der Waals surface area contributed by atoms with Crippen molar-refractivity contribution in [2.45, 2.75) is 17.9 Å². The van der Waals surface area contributed by atoms with Crippen LogP contribution in [0, 0.1) is 0 Å². The molecule has 0 saturated heterocycles. The van der Waals surface area contributed by atoms with Crippen LogP contribution in [0.2, 0.25) is 0 Å². The number of hydrogen-bond acceptors (Lipinski definition) is 4. The molecule has 0 atom stereocenters. The Bertz CT molecular complexity index is 734. The van der Waals surface area contributed by atoms with Crippen LogP contribution in [0.25, 0.3) is 0 Å². The third kappa shape index (κ3) is 3.24. The molecular formula is C13H14N2O4S. The summed E-state index contributed by atoms with van der Waals surface area (Å²) in [6.45, 7) is -0.198. The van der Waals surface area contributed by atoms with E-state index in [4.69, 9.17) is 5.11 Å². The molecule has 20 heavy (non-hydrogen) atoms. The summed E-state index contributed by atoms with van der Waals surface area (Å²) in [4.78, 5) is 15.1. The fourth-order valence-corrected chi connectivity index (χ4v) is 2.92. The molecule has 0 saturated carbocycles. The van der Waals surface area contributed by atoms with Gasteiger partial charge in [-0.15, -0.1) is 0 Å². The van der Waals surface area contributed by atoms with Gasteiger partial charge in [0.1, 0.15) is 12.4 Å². The van der Waals surface area contributed by atoms with Gasteiger partial charge in [-0.3, -0.25) is 4.79 Å². The Morgan fingerprint density at radius 2 is 2.05 bits per heavy atom. The lowest BCUT2D eigenvalue weighted by molar-refractivity contribution is -0.137. The molecule has 1 heterocycles. The predicted molar refractivity (Wildman–Crippen MR) is 72.2 cm³/mol. The van der Waals surface area contributed by atoms with E-state index in [-0.39, 0.29) is 17.9 Å². The van der Waals surface area contributed by atoms with Crippen molar-refractivity contribution < 1.29 is 18.3 Å². The lowest BCUT2D eigenvalue weighted by Crippen LogP contribution is -2.12. The summed E-state index contributed by atoms with van der Waals surface area (Å²) in [5.74, 6) is -0.454. The van der Waals surface area contributed by atoms with Crippen LogP contribution in [0.3, 0.4) is 0 Å². The summed E-state index contributed by atoms with van der Waals surface area (Å²) in [5, 5.41) is 8.82. The zero-order valence-electron chi connectivity index (χ0n) is 10.9. The zero-order valence-corrected chi connectivity index (χ0v) is 11.7. The highest BCUT2D eigenvalue weighted by Crippen LogP contribution is 2.18. The van der Waals surface area contributed by atoms with Gasteiger partial charge in [-0.05, 0) is 11.6 Å². The predicted octanol–water partition coefficient (Wildman–Crippen LogP) is 0.962. The van der Waals surface area contributed by atoms with Crippen LogP contribution in [-0.4, -0.2) is 35.3 Å². The molecule has 1 aromatic carbocycles. The highest BCUT2D eigenvalue weighted by atomic mass is 32.2. The summed E-state index contributed by atoms with van der Waals surface area (Å²) in [5.41, 5.74) is 0.604. The van der Waals surface area contributed by atoms with E-state index in [1.807, 2.05) is 0 Å². The second-order valence-corrected chi connectivity index (χ2v) is 6.41. The number of carboxylic acids is 1. The lowest BCUT2D eigenvalue weighted by Gasteiger charge is -2.09. The molecule has 0 spiro atoms. The maximum absolute atomic E-state index is 11.7. The molecular weight excluding hydrogens is 280 g/mol. The lowest BCUT2D eigenvalue weighted by atomic mass is 10.1. The average molecular weight is 294 g/mol. The van der Waals surface area contributed by atoms with E-state index in [0.29, 0.717) is 11.4 Å². The van der Waals surface area contributed by atoms with Crippen molar-refractivity contribution in [3.05, 3.63) is 48.0 Å². The quantitative estimate of drug-likeness (QED) is 0.887. The number of sulfone groups is 1. The average Bonchev–Trinajstić information content (AvgIpc) is 2.75. The summed E-state index contributed by atoms with van der Waals surface area (Å²) < 4.78 is 24.9. The normalized spacial score (nSPS) is 11.4. The van der Waals surface area contributed by atoms with Crippen molar-refractivity contribution in [2.24, 2.45) is 0 Å². The summed E-state index contributed by atoms with van der Waals surface area (Å²) in [6, 6.07) is 6.64. The first-order valence-corrected chi connectivity index (χ1v) is 7.77. The summed E-state index contributed by atoms with van der Waals surface area (Å²) in [6.07, 6.45) is 4.48. The Morgan fingerprint density at radius 1 is 1.35 bits per heavy atom. The molecule has 0 unspecified atom stereocenters. The minimum atomic E-state index is -3.33. The van der Waals surface area contributed by atoms with Gasteiger partial charge in [0.25, 0.3) is 0 Å². The number of hydrogen-bond donors (Lipinski definition) is 1. The zero-order chi connectivity index (χ0) is 14.8. The third-order valence-corrected chi connectivity index (χ3v) is 4.03. The smallest absolute Gasteiger partial charge is 0.323 e. The minimum absolute atomic E-state index is 0.198. The summed E-state index contributed by atoms with van der Waals surface area (Å²) in [7, 11) is -3.33. The van der Waals surface area contributed by atoms with E-state index < -0.39 is 15.8 Å². The van der Waals surface area contributed by atoms with Gasteiger partial charge in [0, 0.05) is 25.1 Å². The molecule has 2 rings (SSSR count).